The molecule has 2 aliphatic rings. The number of fused-ring (bicyclic) bond motifs is 1. The van der Waals surface area contributed by atoms with Gasteiger partial charge in [0.1, 0.15) is 15.7 Å². The van der Waals surface area contributed by atoms with Crippen LogP contribution in [0.4, 0.5) is 5.88 Å². The molecule has 0 radical (unpaired) electrons. The van der Waals surface area contributed by atoms with Crippen molar-refractivity contribution in [2.75, 3.05) is 0 Å². The minimum absolute atomic E-state index is 0.0212. The lowest BCUT2D eigenvalue weighted by Gasteiger charge is -2.19. The molecule has 0 fully saturated rings. The number of amides is 1. The number of carbonyl (C=O) groups is 1. The van der Waals surface area contributed by atoms with Gasteiger partial charge in [0, 0.05) is 0 Å². The molecular formula is C15H15N5O4S. The Labute approximate surface area is 147 Å². The smallest absolute Gasteiger partial charge is 0.401 e. The van der Waals surface area contributed by atoms with E-state index in [1.54, 1.807) is 0 Å². The average Bonchev–Trinajstić information content (AvgIpc) is 3.19. The van der Waals surface area contributed by atoms with Crippen LogP contribution in [0.15, 0.2) is 32.2 Å². The summed E-state index contributed by atoms with van der Waals surface area (Å²) >= 11 is 1.29. The quantitative estimate of drug-likeness (QED) is 0.358. The van der Waals surface area contributed by atoms with Gasteiger partial charge in [-0.25, -0.2) is 0 Å². The third-order valence-electron chi connectivity index (χ3n) is 3.57. The molecule has 0 spiro atoms. The molecule has 10 heteroatoms. The highest BCUT2D eigenvalue weighted by Gasteiger charge is 2.35. The second-order valence-corrected chi connectivity index (χ2v) is 6.44. The third kappa shape index (κ3) is 3.53. The molecule has 3 rings (SSSR count). The van der Waals surface area contributed by atoms with E-state index in [2.05, 4.69) is 17.0 Å². The van der Waals surface area contributed by atoms with Crippen LogP contribution in [-0.2, 0) is 4.79 Å². The number of hydrogen-bond acceptors (Lipinski definition) is 7. The number of nitrogens with one attached hydrogen (secondary N) is 1. The van der Waals surface area contributed by atoms with Crippen molar-refractivity contribution in [2.24, 2.45) is 10.1 Å². The minimum Gasteiger partial charge on any atom is -0.401 e. The summed E-state index contributed by atoms with van der Waals surface area (Å²) in [7, 11) is 0. The summed E-state index contributed by atoms with van der Waals surface area (Å²) in [5, 5.41) is 25.7. The van der Waals surface area contributed by atoms with Gasteiger partial charge in [0.2, 0.25) is 5.17 Å². The number of rotatable bonds is 6. The molecule has 1 N–H and O–H groups in total. The molecule has 0 unspecified atom stereocenters. The second-order valence-electron chi connectivity index (χ2n) is 5.40. The summed E-state index contributed by atoms with van der Waals surface area (Å²) in [6.45, 7) is 2.11. The van der Waals surface area contributed by atoms with Gasteiger partial charge in [0.25, 0.3) is 5.91 Å². The number of thioether (sulfide) groups is 1. The van der Waals surface area contributed by atoms with Crippen LogP contribution in [-0.4, -0.2) is 31.9 Å². The van der Waals surface area contributed by atoms with Crippen molar-refractivity contribution >= 4 is 45.7 Å². The molecular weight excluding hydrogens is 346 g/mol. The Morgan fingerprint density at radius 1 is 1.44 bits per heavy atom. The van der Waals surface area contributed by atoms with E-state index in [9.17, 15) is 14.9 Å². The van der Waals surface area contributed by atoms with E-state index in [-0.39, 0.29) is 17.2 Å². The Balaban J connectivity index is 1.82. The summed E-state index contributed by atoms with van der Waals surface area (Å²) in [5.41, 5.74) is -0.0212. The number of hydrazone groups is 1. The normalized spacial score (nSPS) is 18.4. The topological polar surface area (TPSA) is 125 Å². The number of aliphatic imine (C=N–C) groups is 1. The molecule has 0 aromatic carbocycles. The van der Waals surface area contributed by atoms with Gasteiger partial charge in [-0.15, -0.1) is 0 Å². The Kier molecular flexibility index (Phi) is 4.79. The largest absolute Gasteiger partial charge is 0.433 e. The van der Waals surface area contributed by atoms with Crippen LogP contribution in [0.3, 0.4) is 0 Å². The Morgan fingerprint density at radius 2 is 2.24 bits per heavy atom. The van der Waals surface area contributed by atoms with E-state index < -0.39 is 16.7 Å². The van der Waals surface area contributed by atoms with Crippen molar-refractivity contribution in [3.8, 4) is 0 Å². The van der Waals surface area contributed by atoms with E-state index in [4.69, 9.17) is 9.83 Å². The first kappa shape index (κ1) is 17.1. The monoisotopic (exact) mass is 361 g/mol. The highest BCUT2D eigenvalue weighted by Crippen LogP contribution is 2.30. The molecule has 25 heavy (non-hydrogen) atoms. The molecule has 0 aliphatic carbocycles. The van der Waals surface area contributed by atoms with Crippen LogP contribution in [0, 0.1) is 15.5 Å². The van der Waals surface area contributed by atoms with E-state index in [0.717, 1.165) is 30.7 Å². The lowest BCUT2D eigenvalue weighted by molar-refractivity contribution is -0.402. The van der Waals surface area contributed by atoms with Gasteiger partial charge in [0.05, 0.1) is 11.6 Å². The molecule has 0 saturated heterocycles. The van der Waals surface area contributed by atoms with Crippen LogP contribution in [0.25, 0.3) is 6.08 Å². The number of unbranched alkanes of at least 4 members (excludes halogenated alkanes) is 2. The number of nitrogens with zero attached hydrogens (tertiary/aromatic N) is 4. The minimum atomic E-state index is -0.670. The van der Waals surface area contributed by atoms with Crippen molar-refractivity contribution in [1.82, 2.24) is 5.01 Å². The number of hydrogen-bond donors (Lipinski definition) is 1. The fraction of sp³-hybridized carbons (Fsp3) is 0.333. The number of carbonyl (C=O) groups excluding carboxylic acids is 1. The van der Waals surface area contributed by atoms with Gasteiger partial charge in [-0.05, 0) is 36.7 Å². The van der Waals surface area contributed by atoms with Gasteiger partial charge in [-0.2, -0.15) is 15.1 Å². The molecule has 1 amide bonds. The van der Waals surface area contributed by atoms with Crippen molar-refractivity contribution in [3.63, 3.8) is 0 Å². The SMILES string of the molecule is CCCCCC1=NN2C(=N)/C(=C\c3ccc([N+](=O)[O-])o3)C(=O)N=C2S1. The summed E-state index contributed by atoms with van der Waals surface area (Å²) in [6, 6.07) is 2.55. The first-order valence-electron chi connectivity index (χ1n) is 7.73. The van der Waals surface area contributed by atoms with Crippen molar-refractivity contribution in [3.05, 3.63) is 33.6 Å². The fourth-order valence-corrected chi connectivity index (χ4v) is 3.25. The maximum atomic E-state index is 12.2. The third-order valence-corrected chi connectivity index (χ3v) is 4.54. The molecule has 0 saturated carbocycles. The molecule has 1 aromatic heterocycles. The first-order valence-corrected chi connectivity index (χ1v) is 8.54. The number of amidine groups is 2. The van der Waals surface area contributed by atoms with Crippen molar-refractivity contribution in [2.45, 2.75) is 32.6 Å². The zero-order valence-electron chi connectivity index (χ0n) is 13.4. The standard InChI is InChI=1S/C15H15N5O4S/c1-2-3-4-5-11-18-19-13(16)10(14(21)17-15(19)25-11)8-9-6-7-12(24-9)20(22)23/h6-8,16H,2-5H2,1H3/b10-8+,16-13?. The van der Waals surface area contributed by atoms with Crippen LogP contribution in [0.5, 0.6) is 0 Å². The van der Waals surface area contributed by atoms with Crippen molar-refractivity contribution < 1.29 is 14.1 Å². The maximum absolute atomic E-state index is 12.2. The van der Waals surface area contributed by atoms with Gasteiger partial charge >= 0.3 is 5.88 Å². The first-order chi connectivity index (χ1) is 12.0. The maximum Gasteiger partial charge on any atom is 0.433 e. The van der Waals surface area contributed by atoms with E-state index >= 15 is 0 Å². The van der Waals surface area contributed by atoms with Crippen molar-refractivity contribution in [1.29, 1.82) is 5.41 Å². The molecule has 2 aliphatic heterocycles. The van der Waals surface area contributed by atoms with Crippen LogP contribution >= 0.6 is 11.8 Å². The molecule has 3 heterocycles. The van der Waals surface area contributed by atoms with Gasteiger partial charge in [-0.3, -0.25) is 20.3 Å². The van der Waals surface area contributed by atoms with Gasteiger partial charge in [0.15, 0.2) is 5.84 Å². The molecule has 1 aromatic rings. The lowest BCUT2D eigenvalue weighted by Crippen LogP contribution is -2.35. The number of furan rings is 1. The summed E-state index contributed by atoms with van der Waals surface area (Å²) in [6.07, 6.45) is 5.22. The fourth-order valence-electron chi connectivity index (χ4n) is 2.32. The summed E-state index contributed by atoms with van der Waals surface area (Å²) in [4.78, 5) is 26.1. The molecule has 130 valence electrons. The Bertz CT molecular complexity index is 839. The van der Waals surface area contributed by atoms with E-state index in [0.29, 0.717) is 5.17 Å². The highest BCUT2D eigenvalue weighted by molar-refractivity contribution is 8.26. The molecule has 9 nitrogen and oxygen atoms in total. The zero-order valence-corrected chi connectivity index (χ0v) is 14.2. The predicted molar refractivity (Wildman–Crippen MR) is 94.5 cm³/mol. The van der Waals surface area contributed by atoms with E-state index in [1.807, 2.05) is 0 Å². The molecule has 0 atom stereocenters. The van der Waals surface area contributed by atoms with E-state index in [1.165, 1.54) is 35.0 Å². The number of nitro groups is 1. The second kappa shape index (κ2) is 7.01. The van der Waals surface area contributed by atoms with Gasteiger partial charge < -0.3 is 4.42 Å². The Hall–Kier alpha value is -2.75. The average molecular weight is 361 g/mol. The summed E-state index contributed by atoms with van der Waals surface area (Å²) in [5.74, 6) is -1.03. The highest BCUT2D eigenvalue weighted by atomic mass is 32.2. The predicted octanol–water partition coefficient (Wildman–Crippen LogP) is 3.39. The van der Waals surface area contributed by atoms with Gasteiger partial charge in [-0.1, -0.05) is 19.8 Å². The van der Waals surface area contributed by atoms with Crippen LogP contribution in [0.2, 0.25) is 0 Å². The lowest BCUT2D eigenvalue weighted by atomic mass is 10.1. The van der Waals surface area contributed by atoms with Crippen LogP contribution < -0.4 is 0 Å². The van der Waals surface area contributed by atoms with Crippen LogP contribution in [0.1, 0.15) is 38.4 Å². The summed E-state index contributed by atoms with van der Waals surface area (Å²) < 4.78 is 5.01. The molecule has 0 bridgehead atoms. The zero-order chi connectivity index (χ0) is 18.0. The Morgan fingerprint density at radius 3 is 2.92 bits per heavy atom.